The molecule has 0 radical (unpaired) electrons. The molecule has 18 heavy (non-hydrogen) atoms. The molecule has 0 fully saturated rings. The highest BCUT2D eigenvalue weighted by Crippen LogP contribution is 2.29. The third kappa shape index (κ3) is 1.82. The first-order valence-corrected chi connectivity index (χ1v) is 6.15. The molecule has 0 aliphatic carbocycles. The highest BCUT2D eigenvalue weighted by atomic mass is 32.2. The summed E-state index contributed by atoms with van der Waals surface area (Å²) in [6.07, 6.45) is 0. The van der Waals surface area contributed by atoms with Crippen LogP contribution in [-0.2, 0) is 7.05 Å². The second-order valence-electron chi connectivity index (χ2n) is 3.90. The number of nitrogen functional groups attached to an aromatic ring is 1. The number of rotatable bonds is 2. The van der Waals surface area contributed by atoms with Gasteiger partial charge >= 0.3 is 0 Å². The minimum absolute atomic E-state index is 0.533. The second-order valence-corrected chi connectivity index (χ2v) is 4.82. The predicted molar refractivity (Wildman–Crippen MR) is 68.3 cm³/mol. The van der Waals surface area contributed by atoms with Crippen molar-refractivity contribution in [3.05, 3.63) is 24.0 Å². The lowest BCUT2D eigenvalue weighted by Gasteiger charge is -1.96. The summed E-state index contributed by atoms with van der Waals surface area (Å²) in [6.45, 7) is 1.89. The Balaban J connectivity index is 1.98. The molecule has 3 rings (SSSR count). The summed E-state index contributed by atoms with van der Waals surface area (Å²) in [7, 11) is 1.90. The van der Waals surface area contributed by atoms with Gasteiger partial charge in [0.05, 0.1) is 0 Å². The number of nitrogens with two attached hydrogens (primary N) is 1. The lowest BCUT2D eigenvalue weighted by atomic mass is 10.3. The molecule has 0 saturated carbocycles. The van der Waals surface area contributed by atoms with Gasteiger partial charge < -0.3 is 14.7 Å². The highest BCUT2D eigenvalue weighted by molar-refractivity contribution is 7.99. The summed E-state index contributed by atoms with van der Waals surface area (Å²) in [5.74, 6) is 0.845. The first-order valence-electron chi connectivity index (χ1n) is 5.33. The van der Waals surface area contributed by atoms with Gasteiger partial charge in [0.2, 0.25) is 0 Å². The highest BCUT2D eigenvalue weighted by Gasteiger charge is 2.12. The van der Waals surface area contributed by atoms with E-state index in [0.717, 1.165) is 16.5 Å². The van der Waals surface area contributed by atoms with Gasteiger partial charge in [0, 0.05) is 30.6 Å². The largest absolute Gasteiger partial charge is 0.431 e. The quantitative estimate of drug-likeness (QED) is 0.710. The molecule has 0 unspecified atom stereocenters. The summed E-state index contributed by atoms with van der Waals surface area (Å²) >= 11 is 1.34. The molecule has 0 atom stereocenters. The topological polar surface area (TPSA) is 82.8 Å². The summed E-state index contributed by atoms with van der Waals surface area (Å²) in [4.78, 5) is 4.36. The van der Waals surface area contributed by atoms with Crippen LogP contribution in [0, 0.1) is 6.92 Å². The zero-order valence-corrected chi connectivity index (χ0v) is 10.7. The average molecular weight is 261 g/mol. The number of aromatic nitrogens is 4. The van der Waals surface area contributed by atoms with Crippen molar-refractivity contribution >= 4 is 28.5 Å². The normalized spacial score (nSPS) is 11.2. The predicted octanol–water partition coefficient (Wildman–Crippen LogP) is 2.00. The Kier molecular flexibility index (Phi) is 2.48. The summed E-state index contributed by atoms with van der Waals surface area (Å²) < 4.78 is 7.49. The van der Waals surface area contributed by atoms with E-state index in [-0.39, 0.29) is 0 Å². The molecule has 0 aliphatic heterocycles. The molecule has 0 spiro atoms. The number of anilines is 1. The first-order chi connectivity index (χ1) is 8.63. The molecule has 7 heteroatoms. The number of fused-ring (bicyclic) bond motifs is 1. The van der Waals surface area contributed by atoms with E-state index in [1.54, 1.807) is 12.1 Å². The van der Waals surface area contributed by atoms with Crippen molar-refractivity contribution in [3.63, 3.8) is 0 Å². The van der Waals surface area contributed by atoms with Gasteiger partial charge in [-0.3, -0.25) is 0 Å². The van der Waals surface area contributed by atoms with Crippen LogP contribution in [0.4, 0.5) is 5.69 Å². The lowest BCUT2D eigenvalue weighted by molar-refractivity contribution is 0.488. The van der Waals surface area contributed by atoms with E-state index in [9.17, 15) is 0 Å². The third-order valence-electron chi connectivity index (χ3n) is 2.62. The molecular weight excluding hydrogens is 250 g/mol. The number of oxazole rings is 1. The maximum absolute atomic E-state index is 5.69. The number of benzene rings is 1. The van der Waals surface area contributed by atoms with Gasteiger partial charge in [-0.15, -0.1) is 10.2 Å². The molecule has 2 aromatic heterocycles. The van der Waals surface area contributed by atoms with Crippen molar-refractivity contribution in [2.75, 3.05) is 5.73 Å². The summed E-state index contributed by atoms with van der Waals surface area (Å²) in [5, 5.41) is 9.31. The Morgan fingerprint density at radius 1 is 1.33 bits per heavy atom. The average Bonchev–Trinajstić information content (AvgIpc) is 2.86. The maximum Gasteiger partial charge on any atom is 0.264 e. The molecule has 0 amide bonds. The number of hydrogen-bond acceptors (Lipinski definition) is 6. The minimum atomic E-state index is 0.533. The van der Waals surface area contributed by atoms with Crippen LogP contribution in [0.3, 0.4) is 0 Å². The minimum Gasteiger partial charge on any atom is -0.431 e. The molecule has 3 aromatic rings. The molecular formula is C11H11N5OS. The Hall–Kier alpha value is -2.02. The van der Waals surface area contributed by atoms with Gasteiger partial charge in [-0.05, 0) is 19.1 Å². The van der Waals surface area contributed by atoms with E-state index < -0.39 is 0 Å². The van der Waals surface area contributed by atoms with Crippen LogP contribution < -0.4 is 5.73 Å². The monoisotopic (exact) mass is 261 g/mol. The molecule has 92 valence electrons. The third-order valence-corrected chi connectivity index (χ3v) is 3.51. The molecule has 0 bridgehead atoms. The van der Waals surface area contributed by atoms with Crippen LogP contribution in [0.2, 0.25) is 0 Å². The molecule has 0 aliphatic rings. The van der Waals surface area contributed by atoms with Crippen LogP contribution in [0.5, 0.6) is 0 Å². The van der Waals surface area contributed by atoms with Gasteiger partial charge in [-0.1, -0.05) is 0 Å². The van der Waals surface area contributed by atoms with Gasteiger partial charge in [0.25, 0.3) is 5.22 Å². The number of aryl methyl sites for hydroxylation is 1. The van der Waals surface area contributed by atoms with E-state index in [2.05, 4.69) is 15.2 Å². The Bertz CT molecular complexity index is 717. The van der Waals surface area contributed by atoms with Crippen molar-refractivity contribution in [1.82, 2.24) is 19.7 Å². The Labute approximate surface area is 107 Å². The number of hydrogen-bond donors (Lipinski definition) is 1. The van der Waals surface area contributed by atoms with E-state index >= 15 is 0 Å². The lowest BCUT2D eigenvalue weighted by Crippen LogP contribution is -1.92. The molecule has 1 aromatic carbocycles. The zero-order valence-electron chi connectivity index (χ0n) is 9.91. The van der Waals surface area contributed by atoms with Gasteiger partial charge in [-0.25, -0.2) is 4.98 Å². The second kappa shape index (κ2) is 4.02. The van der Waals surface area contributed by atoms with Crippen molar-refractivity contribution in [1.29, 1.82) is 0 Å². The standard InChI is InChI=1S/C11H11N5OS/c1-6-14-15-10(16(6)2)18-11-13-8-4-3-7(12)5-9(8)17-11/h3-5H,12H2,1-2H3. The van der Waals surface area contributed by atoms with Crippen LogP contribution in [0.25, 0.3) is 11.1 Å². The molecule has 6 nitrogen and oxygen atoms in total. The van der Waals surface area contributed by atoms with Crippen LogP contribution >= 0.6 is 11.8 Å². The van der Waals surface area contributed by atoms with Crippen LogP contribution in [0.1, 0.15) is 5.82 Å². The fourth-order valence-electron chi connectivity index (χ4n) is 1.52. The maximum atomic E-state index is 5.69. The number of nitrogens with zero attached hydrogens (tertiary/aromatic N) is 4. The summed E-state index contributed by atoms with van der Waals surface area (Å²) in [5.41, 5.74) is 7.81. The van der Waals surface area contributed by atoms with Gasteiger partial charge in [0.1, 0.15) is 11.3 Å². The molecule has 0 saturated heterocycles. The SMILES string of the molecule is Cc1nnc(Sc2nc3ccc(N)cc3o2)n1C. The first kappa shape index (κ1) is 11.1. The van der Waals surface area contributed by atoms with E-state index in [1.165, 1.54) is 11.8 Å². The fraction of sp³-hybridized carbons (Fsp3) is 0.182. The van der Waals surface area contributed by atoms with E-state index in [4.69, 9.17) is 10.2 Å². The smallest absolute Gasteiger partial charge is 0.264 e. The van der Waals surface area contributed by atoms with E-state index in [1.807, 2.05) is 24.6 Å². The zero-order chi connectivity index (χ0) is 12.7. The van der Waals surface area contributed by atoms with Crippen molar-refractivity contribution < 1.29 is 4.42 Å². The van der Waals surface area contributed by atoms with Crippen molar-refractivity contribution in [2.45, 2.75) is 17.3 Å². The van der Waals surface area contributed by atoms with Crippen molar-refractivity contribution in [3.8, 4) is 0 Å². The molecule has 2 heterocycles. The van der Waals surface area contributed by atoms with E-state index in [0.29, 0.717) is 16.5 Å². The Morgan fingerprint density at radius 2 is 2.17 bits per heavy atom. The van der Waals surface area contributed by atoms with Crippen LogP contribution in [0.15, 0.2) is 33.0 Å². The molecule has 2 N–H and O–H groups in total. The fourth-order valence-corrected chi connectivity index (χ4v) is 2.30. The van der Waals surface area contributed by atoms with Gasteiger partial charge in [0.15, 0.2) is 10.7 Å². The van der Waals surface area contributed by atoms with Crippen molar-refractivity contribution in [2.24, 2.45) is 7.05 Å². The Morgan fingerprint density at radius 3 is 2.89 bits per heavy atom. The van der Waals surface area contributed by atoms with Crippen LogP contribution in [-0.4, -0.2) is 19.7 Å². The van der Waals surface area contributed by atoms with Gasteiger partial charge in [-0.2, -0.15) is 0 Å². The summed E-state index contributed by atoms with van der Waals surface area (Å²) in [6, 6.07) is 5.39.